The zero-order chi connectivity index (χ0) is 15.2. The van der Waals surface area contributed by atoms with Crippen molar-refractivity contribution in [2.24, 2.45) is 0 Å². The number of carbonyl (C=O) groups excluding carboxylic acids is 1. The Bertz CT molecular complexity index is 809. The smallest absolute Gasteiger partial charge is 0.254 e. The summed E-state index contributed by atoms with van der Waals surface area (Å²) in [6.45, 7) is 2.47. The van der Waals surface area contributed by atoms with E-state index < -0.39 is 15.1 Å². The first kappa shape index (κ1) is 14.1. The molecule has 1 atom stereocenters. The first-order chi connectivity index (χ1) is 9.84. The number of oxazole rings is 1. The maximum Gasteiger partial charge on any atom is 0.254 e. The van der Waals surface area contributed by atoms with Crippen molar-refractivity contribution in [2.45, 2.75) is 18.6 Å². The normalized spacial score (nSPS) is 19.3. The van der Waals surface area contributed by atoms with Gasteiger partial charge in [0.1, 0.15) is 5.52 Å². The second-order valence-electron chi connectivity index (χ2n) is 5.41. The van der Waals surface area contributed by atoms with Gasteiger partial charge in [-0.25, -0.2) is 13.4 Å². The summed E-state index contributed by atoms with van der Waals surface area (Å²) in [5.41, 5.74) is 1.77. The number of nitrogens with zero attached hydrogens (tertiary/aromatic N) is 2. The Labute approximate surface area is 122 Å². The molecule has 1 aliphatic heterocycles. The maximum atomic E-state index is 12.4. The Morgan fingerprint density at radius 1 is 1.43 bits per heavy atom. The molecule has 0 N–H and O–H groups in total. The predicted molar refractivity (Wildman–Crippen MR) is 77.9 cm³/mol. The molecule has 1 saturated heterocycles. The van der Waals surface area contributed by atoms with Crippen molar-refractivity contribution in [1.82, 2.24) is 9.88 Å². The first-order valence-electron chi connectivity index (χ1n) is 6.70. The van der Waals surface area contributed by atoms with Crippen LogP contribution in [0.15, 0.2) is 22.6 Å². The Morgan fingerprint density at radius 3 is 2.86 bits per heavy atom. The fourth-order valence-corrected chi connectivity index (χ4v) is 3.60. The molecule has 1 unspecified atom stereocenters. The van der Waals surface area contributed by atoms with Gasteiger partial charge in [0.25, 0.3) is 5.91 Å². The Morgan fingerprint density at radius 2 is 2.19 bits per heavy atom. The van der Waals surface area contributed by atoms with Gasteiger partial charge in [0.05, 0.1) is 5.25 Å². The average molecular weight is 308 g/mol. The third kappa shape index (κ3) is 2.65. The second kappa shape index (κ2) is 4.84. The van der Waals surface area contributed by atoms with E-state index in [4.69, 9.17) is 4.42 Å². The molecule has 21 heavy (non-hydrogen) atoms. The standard InChI is InChI=1S/C14H16N2O4S/c1-9-15-12-4-3-10(7-13(12)20-9)14(17)16-6-5-11(8-16)21(2,18)19/h3-4,7,11H,5-6,8H2,1-2H3. The molecule has 3 rings (SSSR count). The zero-order valence-electron chi connectivity index (χ0n) is 11.9. The number of rotatable bonds is 2. The largest absolute Gasteiger partial charge is 0.441 e. The molecular weight excluding hydrogens is 292 g/mol. The van der Waals surface area contributed by atoms with Gasteiger partial charge in [-0.05, 0) is 24.6 Å². The summed E-state index contributed by atoms with van der Waals surface area (Å²) < 4.78 is 28.5. The van der Waals surface area contributed by atoms with Gasteiger partial charge < -0.3 is 9.32 Å². The molecule has 1 aliphatic rings. The number of amides is 1. The molecular formula is C14H16N2O4S. The van der Waals surface area contributed by atoms with Crippen LogP contribution < -0.4 is 0 Å². The van der Waals surface area contributed by atoms with Crippen LogP contribution in [0.4, 0.5) is 0 Å². The van der Waals surface area contributed by atoms with Crippen LogP contribution in [-0.4, -0.2) is 48.8 Å². The zero-order valence-corrected chi connectivity index (χ0v) is 12.7. The fraction of sp³-hybridized carbons (Fsp3) is 0.429. The van der Waals surface area contributed by atoms with Crippen LogP contribution in [0, 0.1) is 6.92 Å². The number of fused-ring (bicyclic) bond motifs is 1. The molecule has 0 aliphatic carbocycles. The first-order valence-corrected chi connectivity index (χ1v) is 8.65. The van der Waals surface area contributed by atoms with Gasteiger partial charge in [0.2, 0.25) is 0 Å². The molecule has 2 heterocycles. The number of carbonyl (C=O) groups is 1. The van der Waals surface area contributed by atoms with Crippen molar-refractivity contribution >= 4 is 26.8 Å². The maximum absolute atomic E-state index is 12.4. The Kier molecular flexibility index (Phi) is 3.24. The van der Waals surface area contributed by atoms with E-state index in [1.807, 2.05) is 0 Å². The molecule has 0 saturated carbocycles. The third-order valence-corrected chi connectivity index (χ3v) is 5.38. The van der Waals surface area contributed by atoms with Crippen molar-refractivity contribution < 1.29 is 17.6 Å². The molecule has 112 valence electrons. The van der Waals surface area contributed by atoms with Crippen molar-refractivity contribution in [1.29, 1.82) is 0 Å². The number of aryl methyl sites for hydroxylation is 1. The molecule has 1 amide bonds. The predicted octanol–water partition coefficient (Wildman–Crippen LogP) is 1.40. The highest BCUT2D eigenvalue weighted by Gasteiger charge is 2.33. The molecule has 7 heteroatoms. The Hall–Kier alpha value is -1.89. The van der Waals surface area contributed by atoms with Gasteiger partial charge in [0.15, 0.2) is 21.3 Å². The molecule has 2 aromatic rings. The SMILES string of the molecule is Cc1nc2ccc(C(=O)N3CCC(S(C)(=O)=O)C3)cc2o1. The van der Waals surface area contributed by atoms with Crippen LogP contribution in [0.25, 0.3) is 11.1 Å². The number of benzene rings is 1. The summed E-state index contributed by atoms with van der Waals surface area (Å²) in [5.74, 6) is 0.380. The van der Waals surface area contributed by atoms with Crippen molar-refractivity contribution in [3.63, 3.8) is 0 Å². The summed E-state index contributed by atoms with van der Waals surface area (Å²) in [6.07, 6.45) is 1.71. The third-order valence-electron chi connectivity index (χ3n) is 3.78. The lowest BCUT2D eigenvalue weighted by molar-refractivity contribution is 0.0793. The molecule has 1 aromatic heterocycles. The quantitative estimate of drug-likeness (QED) is 0.837. The van der Waals surface area contributed by atoms with Gasteiger partial charge in [-0.2, -0.15) is 0 Å². The van der Waals surface area contributed by atoms with E-state index in [9.17, 15) is 13.2 Å². The average Bonchev–Trinajstić information content (AvgIpc) is 3.01. The summed E-state index contributed by atoms with van der Waals surface area (Å²) in [6, 6.07) is 5.09. The highest BCUT2D eigenvalue weighted by Crippen LogP contribution is 2.21. The van der Waals surface area contributed by atoms with Gasteiger partial charge in [-0.3, -0.25) is 4.79 Å². The minimum absolute atomic E-state index is 0.169. The fourth-order valence-electron chi connectivity index (χ4n) is 2.62. The van der Waals surface area contributed by atoms with Crippen molar-refractivity contribution in [3.8, 4) is 0 Å². The molecule has 0 spiro atoms. The number of sulfone groups is 1. The summed E-state index contributed by atoms with van der Waals surface area (Å²) in [7, 11) is -3.10. The second-order valence-corrected chi connectivity index (χ2v) is 7.73. The molecule has 0 bridgehead atoms. The van der Waals surface area contributed by atoms with E-state index in [1.54, 1.807) is 30.0 Å². The molecule has 1 aromatic carbocycles. The van der Waals surface area contributed by atoms with E-state index >= 15 is 0 Å². The van der Waals surface area contributed by atoms with Gasteiger partial charge in [-0.15, -0.1) is 0 Å². The van der Waals surface area contributed by atoms with E-state index in [2.05, 4.69) is 4.98 Å². The highest BCUT2D eigenvalue weighted by atomic mass is 32.2. The highest BCUT2D eigenvalue weighted by molar-refractivity contribution is 7.91. The van der Waals surface area contributed by atoms with Crippen LogP contribution in [-0.2, 0) is 9.84 Å². The number of hydrogen-bond donors (Lipinski definition) is 0. The van der Waals surface area contributed by atoms with Crippen molar-refractivity contribution in [3.05, 3.63) is 29.7 Å². The lowest BCUT2D eigenvalue weighted by Gasteiger charge is -2.16. The minimum atomic E-state index is -3.10. The van der Waals surface area contributed by atoms with E-state index in [0.29, 0.717) is 35.5 Å². The lowest BCUT2D eigenvalue weighted by Crippen LogP contribution is -2.31. The summed E-state index contributed by atoms with van der Waals surface area (Å²) in [4.78, 5) is 18.2. The van der Waals surface area contributed by atoms with Crippen LogP contribution >= 0.6 is 0 Å². The van der Waals surface area contributed by atoms with E-state index in [1.165, 1.54) is 6.26 Å². The van der Waals surface area contributed by atoms with Crippen LogP contribution in [0.2, 0.25) is 0 Å². The van der Waals surface area contributed by atoms with Crippen molar-refractivity contribution in [2.75, 3.05) is 19.3 Å². The summed E-state index contributed by atoms with van der Waals surface area (Å²) in [5, 5.41) is -0.460. The van der Waals surface area contributed by atoms with Gasteiger partial charge >= 0.3 is 0 Å². The van der Waals surface area contributed by atoms with Crippen LogP contribution in [0.3, 0.4) is 0 Å². The van der Waals surface area contributed by atoms with Crippen LogP contribution in [0.1, 0.15) is 22.7 Å². The lowest BCUT2D eigenvalue weighted by atomic mass is 10.2. The van der Waals surface area contributed by atoms with Gasteiger partial charge in [-0.1, -0.05) is 0 Å². The summed E-state index contributed by atoms with van der Waals surface area (Å²) >= 11 is 0. The van der Waals surface area contributed by atoms with Crippen LogP contribution in [0.5, 0.6) is 0 Å². The number of aromatic nitrogens is 1. The molecule has 1 fully saturated rings. The monoisotopic (exact) mass is 308 g/mol. The topological polar surface area (TPSA) is 80.5 Å². The molecule has 6 nitrogen and oxygen atoms in total. The number of hydrogen-bond acceptors (Lipinski definition) is 5. The minimum Gasteiger partial charge on any atom is -0.441 e. The van der Waals surface area contributed by atoms with E-state index in [0.717, 1.165) is 0 Å². The molecule has 0 radical (unpaired) electrons. The van der Waals surface area contributed by atoms with E-state index in [-0.39, 0.29) is 12.5 Å². The number of likely N-dealkylation sites (tertiary alicyclic amines) is 1. The van der Waals surface area contributed by atoms with Gasteiger partial charge in [0, 0.05) is 31.8 Å². The Balaban J connectivity index is 1.84.